The highest BCUT2D eigenvalue weighted by molar-refractivity contribution is 7.84. The largest absolute Gasteiger partial charge is 0.481 e. The quantitative estimate of drug-likeness (QED) is 0.870. The third-order valence-electron chi connectivity index (χ3n) is 2.74. The molecule has 0 aliphatic carbocycles. The van der Waals surface area contributed by atoms with E-state index in [-0.39, 0.29) is 0 Å². The summed E-state index contributed by atoms with van der Waals surface area (Å²) in [6.07, 6.45) is 1.65. The van der Waals surface area contributed by atoms with E-state index in [1.165, 1.54) is 0 Å². The summed E-state index contributed by atoms with van der Waals surface area (Å²) in [4.78, 5) is 4.75. The smallest absolute Gasteiger partial charge is 0.217 e. The fourth-order valence-electron chi connectivity index (χ4n) is 1.78. The Morgan fingerprint density at radius 2 is 2.16 bits per heavy atom. The van der Waals surface area contributed by atoms with Crippen LogP contribution in [-0.4, -0.2) is 16.3 Å². The number of aromatic nitrogens is 1. The molecule has 1 unspecified atom stereocenters. The van der Waals surface area contributed by atoms with Crippen molar-refractivity contribution in [2.45, 2.75) is 17.6 Å². The molecule has 2 aromatic rings. The molecule has 0 aliphatic heterocycles. The van der Waals surface area contributed by atoms with Crippen molar-refractivity contribution in [3.63, 3.8) is 0 Å². The highest BCUT2D eigenvalue weighted by atomic mass is 32.2. The SMILES string of the molecule is COc1ncccc1CS(=O)c1cc(C)ccc1N. The lowest BCUT2D eigenvalue weighted by Crippen LogP contribution is -2.03. The number of aryl methyl sites for hydroxylation is 1. The maximum atomic E-state index is 12.4. The van der Waals surface area contributed by atoms with Gasteiger partial charge in [-0.15, -0.1) is 0 Å². The molecular weight excluding hydrogens is 260 g/mol. The molecule has 1 aromatic carbocycles. The Balaban J connectivity index is 2.28. The second-order valence-corrected chi connectivity index (χ2v) is 5.62. The zero-order valence-corrected chi connectivity index (χ0v) is 11.7. The predicted octanol–water partition coefficient (Wildman–Crippen LogP) is 2.29. The molecule has 1 atom stereocenters. The van der Waals surface area contributed by atoms with Gasteiger partial charge < -0.3 is 10.5 Å². The molecule has 0 amide bonds. The zero-order chi connectivity index (χ0) is 13.8. The Bertz CT molecular complexity index is 614. The van der Waals surface area contributed by atoms with Gasteiger partial charge in [0.2, 0.25) is 5.88 Å². The number of nitrogens with two attached hydrogens (primary N) is 1. The molecule has 4 nitrogen and oxygen atoms in total. The zero-order valence-electron chi connectivity index (χ0n) is 10.9. The van der Waals surface area contributed by atoms with Gasteiger partial charge in [0.05, 0.1) is 28.6 Å². The van der Waals surface area contributed by atoms with E-state index in [1.54, 1.807) is 25.4 Å². The van der Waals surface area contributed by atoms with E-state index >= 15 is 0 Å². The highest BCUT2D eigenvalue weighted by Crippen LogP contribution is 2.23. The summed E-state index contributed by atoms with van der Waals surface area (Å²) in [7, 11) is 0.338. The minimum atomic E-state index is -1.21. The van der Waals surface area contributed by atoms with Gasteiger partial charge >= 0.3 is 0 Å². The first-order valence-corrected chi connectivity index (χ1v) is 7.16. The summed E-state index contributed by atoms with van der Waals surface area (Å²) < 4.78 is 17.6. The van der Waals surface area contributed by atoms with Crippen molar-refractivity contribution in [2.24, 2.45) is 0 Å². The summed E-state index contributed by atoms with van der Waals surface area (Å²) >= 11 is 0. The van der Waals surface area contributed by atoms with E-state index < -0.39 is 10.8 Å². The van der Waals surface area contributed by atoms with Gasteiger partial charge in [-0.1, -0.05) is 12.1 Å². The van der Waals surface area contributed by atoms with Gasteiger partial charge in [0.1, 0.15) is 0 Å². The third-order valence-corrected chi connectivity index (χ3v) is 4.16. The number of ether oxygens (including phenoxy) is 1. The topological polar surface area (TPSA) is 65.2 Å². The van der Waals surface area contributed by atoms with Gasteiger partial charge in [-0.3, -0.25) is 4.21 Å². The maximum absolute atomic E-state index is 12.4. The Hall–Kier alpha value is -1.88. The third kappa shape index (κ3) is 3.12. The molecule has 1 heterocycles. The lowest BCUT2D eigenvalue weighted by atomic mass is 10.2. The summed E-state index contributed by atoms with van der Waals surface area (Å²) in [5.41, 5.74) is 8.27. The van der Waals surface area contributed by atoms with Crippen LogP contribution in [0.3, 0.4) is 0 Å². The summed E-state index contributed by atoms with van der Waals surface area (Å²) in [5.74, 6) is 0.840. The van der Waals surface area contributed by atoms with E-state index in [4.69, 9.17) is 10.5 Å². The number of hydrogen-bond donors (Lipinski definition) is 1. The first kappa shape index (κ1) is 13.5. The molecule has 2 N–H and O–H groups in total. The van der Waals surface area contributed by atoms with Crippen molar-refractivity contribution in [1.29, 1.82) is 0 Å². The standard InChI is InChI=1S/C14H16N2O2S/c1-10-5-6-12(15)13(8-10)19(17)9-11-4-3-7-16-14(11)18-2/h3-8H,9,15H2,1-2H3. The normalized spacial score (nSPS) is 12.1. The lowest BCUT2D eigenvalue weighted by Gasteiger charge is -2.09. The van der Waals surface area contributed by atoms with E-state index in [1.807, 2.05) is 25.1 Å². The molecule has 100 valence electrons. The number of benzene rings is 1. The van der Waals surface area contributed by atoms with Crippen molar-refractivity contribution < 1.29 is 8.95 Å². The fourth-order valence-corrected chi connectivity index (χ4v) is 3.08. The first-order valence-electron chi connectivity index (χ1n) is 5.84. The van der Waals surface area contributed by atoms with Crippen molar-refractivity contribution in [2.75, 3.05) is 12.8 Å². The van der Waals surface area contributed by atoms with Crippen LogP contribution in [0.4, 0.5) is 5.69 Å². The second kappa shape index (κ2) is 5.84. The summed E-state index contributed by atoms with van der Waals surface area (Å²) in [6.45, 7) is 1.95. The van der Waals surface area contributed by atoms with Crippen LogP contribution >= 0.6 is 0 Å². The van der Waals surface area contributed by atoms with Gasteiger partial charge in [0, 0.05) is 17.4 Å². The van der Waals surface area contributed by atoms with Crippen LogP contribution in [0.2, 0.25) is 0 Å². The molecule has 0 aliphatic rings. The van der Waals surface area contributed by atoms with Crippen LogP contribution in [0.15, 0.2) is 41.4 Å². The number of methoxy groups -OCH3 is 1. The van der Waals surface area contributed by atoms with Crippen LogP contribution in [0.1, 0.15) is 11.1 Å². The average Bonchev–Trinajstić information content (AvgIpc) is 2.42. The van der Waals surface area contributed by atoms with Gasteiger partial charge in [0.25, 0.3) is 0 Å². The van der Waals surface area contributed by atoms with Crippen molar-refractivity contribution >= 4 is 16.5 Å². The van der Waals surface area contributed by atoms with E-state index in [0.29, 0.717) is 22.2 Å². The molecule has 0 radical (unpaired) electrons. The number of pyridine rings is 1. The molecule has 0 saturated heterocycles. The van der Waals surface area contributed by atoms with Crippen LogP contribution < -0.4 is 10.5 Å². The summed E-state index contributed by atoms with van der Waals surface area (Å²) in [6, 6.07) is 9.20. The van der Waals surface area contributed by atoms with Gasteiger partial charge in [-0.05, 0) is 30.7 Å². The van der Waals surface area contributed by atoms with Crippen molar-refractivity contribution in [1.82, 2.24) is 4.98 Å². The molecule has 0 saturated carbocycles. The van der Waals surface area contributed by atoms with Crippen LogP contribution in [-0.2, 0) is 16.6 Å². The fraction of sp³-hybridized carbons (Fsp3) is 0.214. The predicted molar refractivity (Wildman–Crippen MR) is 76.5 cm³/mol. The molecular formula is C14H16N2O2S. The van der Waals surface area contributed by atoms with Gasteiger partial charge in [-0.25, -0.2) is 4.98 Å². The van der Waals surface area contributed by atoms with E-state index in [2.05, 4.69) is 4.98 Å². The number of hydrogen-bond acceptors (Lipinski definition) is 4. The molecule has 1 aromatic heterocycles. The lowest BCUT2D eigenvalue weighted by molar-refractivity contribution is 0.394. The van der Waals surface area contributed by atoms with Crippen molar-refractivity contribution in [3.05, 3.63) is 47.7 Å². The van der Waals surface area contributed by atoms with E-state index in [0.717, 1.165) is 11.1 Å². The average molecular weight is 276 g/mol. The Morgan fingerprint density at radius 3 is 2.89 bits per heavy atom. The molecule has 0 bridgehead atoms. The number of nitrogen functional groups attached to an aromatic ring is 1. The van der Waals surface area contributed by atoms with Crippen molar-refractivity contribution in [3.8, 4) is 5.88 Å². The molecule has 5 heteroatoms. The molecule has 0 spiro atoms. The van der Waals surface area contributed by atoms with Gasteiger partial charge in [0.15, 0.2) is 0 Å². The number of anilines is 1. The Kier molecular flexibility index (Phi) is 4.16. The second-order valence-electron chi connectivity index (χ2n) is 4.20. The highest BCUT2D eigenvalue weighted by Gasteiger charge is 2.12. The maximum Gasteiger partial charge on any atom is 0.217 e. The Labute approximate surface area is 115 Å². The number of rotatable bonds is 4. The molecule has 0 fully saturated rings. The van der Waals surface area contributed by atoms with Crippen LogP contribution in [0.5, 0.6) is 5.88 Å². The van der Waals surface area contributed by atoms with Crippen LogP contribution in [0, 0.1) is 6.92 Å². The Morgan fingerprint density at radius 1 is 1.37 bits per heavy atom. The van der Waals surface area contributed by atoms with E-state index in [9.17, 15) is 4.21 Å². The first-order chi connectivity index (χ1) is 9.11. The molecule has 2 rings (SSSR count). The van der Waals surface area contributed by atoms with Crippen LogP contribution in [0.25, 0.3) is 0 Å². The minimum absolute atomic E-state index is 0.338. The monoisotopic (exact) mass is 276 g/mol. The molecule has 19 heavy (non-hydrogen) atoms. The minimum Gasteiger partial charge on any atom is -0.481 e. The van der Waals surface area contributed by atoms with Gasteiger partial charge in [-0.2, -0.15) is 0 Å². The summed E-state index contributed by atoms with van der Waals surface area (Å²) in [5, 5.41) is 0. The number of nitrogens with zero attached hydrogens (tertiary/aromatic N) is 1.